The molecule has 3 heterocycles. The minimum absolute atomic E-state index is 0.644. The molecule has 0 aliphatic carbocycles. The van der Waals surface area contributed by atoms with Gasteiger partial charge in [-0.2, -0.15) is 5.26 Å². The number of hydrogen-bond donors (Lipinski definition) is 0. The van der Waals surface area contributed by atoms with Gasteiger partial charge >= 0.3 is 0 Å². The summed E-state index contributed by atoms with van der Waals surface area (Å²) in [7, 11) is 0. The van der Waals surface area contributed by atoms with E-state index in [1.807, 2.05) is 36.4 Å². The van der Waals surface area contributed by atoms with Crippen molar-refractivity contribution < 1.29 is 4.42 Å². The van der Waals surface area contributed by atoms with Gasteiger partial charge in [-0.25, -0.2) is 0 Å². The van der Waals surface area contributed by atoms with Crippen molar-refractivity contribution in [2.45, 2.75) is 0 Å². The van der Waals surface area contributed by atoms with Crippen LogP contribution in [0.15, 0.2) is 156 Å². The zero-order chi connectivity index (χ0) is 31.1. The molecule has 0 bridgehead atoms. The molecule has 0 N–H and O–H groups in total. The Morgan fingerprint density at radius 3 is 1.81 bits per heavy atom. The van der Waals surface area contributed by atoms with E-state index in [0.29, 0.717) is 5.56 Å². The lowest BCUT2D eigenvalue weighted by Gasteiger charge is -2.17. The maximum atomic E-state index is 9.50. The number of nitriles is 1. The van der Waals surface area contributed by atoms with Crippen molar-refractivity contribution in [1.29, 1.82) is 5.26 Å². The smallest absolute Gasteiger partial charge is 0.145 e. The predicted molar refractivity (Wildman–Crippen MR) is 193 cm³/mol. The first-order chi connectivity index (χ1) is 23.3. The topological polar surface area (TPSA) is 46.8 Å². The molecule has 0 amide bonds. The average Bonchev–Trinajstić information content (AvgIpc) is 3.79. The average molecular weight is 600 g/mol. The number of aromatic nitrogens is 2. The molecule has 0 aliphatic rings. The summed E-state index contributed by atoms with van der Waals surface area (Å²) in [5.41, 5.74) is 11.2. The van der Waals surface area contributed by atoms with Crippen molar-refractivity contribution in [2.75, 3.05) is 0 Å². The first-order valence-electron chi connectivity index (χ1n) is 15.8. The molecule has 0 fully saturated rings. The molecule has 10 rings (SSSR count). The van der Waals surface area contributed by atoms with Crippen LogP contribution in [0.5, 0.6) is 0 Å². The van der Waals surface area contributed by atoms with Gasteiger partial charge < -0.3 is 13.6 Å². The van der Waals surface area contributed by atoms with E-state index in [-0.39, 0.29) is 0 Å². The molecule has 218 valence electrons. The molecule has 0 unspecified atom stereocenters. The minimum atomic E-state index is 0.644. The Morgan fingerprint density at radius 1 is 0.489 bits per heavy atom. The highest BCUT2D eigenvalue weighted by atomic mass is 16.3. The fourth-order valence-corrected chi connectivity index (χ4v) is 7.51. The third kappa shape index (κ3) is 3.63. The Morgan fingerprint density at radius 2 is 1.11 bits per heavy atom. The predicted octanol–water partition coefficient (Wildman–Crippen LogP) is 11.3. The quantitative estimate of drug-likeness (QED) is 0.203. The van der Waals surface area contributed by atoms with E-state index >= 15 is 0 Å². The summed E-state index contributed by atoms with van der Waals surface area (Å²) in [6.45, 7) is 0. The Kier molecular flexibility index (Phi) is 5.32. The Hall–Kier alpha value is -6.57. The summed E-state index contributed by atoms with van der Waals surface area (Å²) >= 11 is 0. The van der Waals surface area contributed by atoms with Gasteiger partial charge in [0.1, 0.15) is 11.2 Å². The third-order valence-electron chi connectivity index (χ3n) is 9.57. The Balaban J connectivity index is 1.32. The summed E-state index contributed by atoms with van der Waals surface area (Å²) in [5, 5.41) is 16.4. The van der Waals surface area contributed by atoms with Gasteiger partial charge in [-0.3, -0.25) is 0 Å². The number of rotatable bonds is 3. The number of para-hydroxylation sites is 4. The Labute approximate surface area is 269 Å². The van der Waals surface area contributed by atoms with Crippen molar-refractivity contribution in [1.82, 2.24) is 9.13 Å². The van der Waals surface area contributed by atoms with Gasteiger partial charge in [0.15, 0.2) is 0 Å². The molecule has 0 atom stereocenters. The SMILES string of the molecule is N#Cc1ccc(-c2ccc(-n3c4ccccc4c4c5oc6ccccc6c5ccc43)cc2-n2c3ccccc3c3ccccc32)cc1. The fourth-order valence-electron chi connectivity index (χ4n) is 7.51. The van der Waals surface area contributed by atoms with Crippen LogP contribution in [0.3, 0.4) is 0 Å². The van der Waals surface area contributed by atoms with E-state index in [4.69, 9.17) is 4.42 Å². The van der Waals surface area contributed by atoms with E-state index in [0.717, 1.165) is 77.3 Å². The van der Waals surface area contributed by atoms with E-state index in [9.17, 15) is 5.26 Å². The number of hydrogen-bond acceptors (Lipinski definition) is 2. The van der Waals surface area contributed by atoms with Gasteiger partial charge in [-0.1, -0.05) is 91.0 Å². The van der Waals surface area contributed by atoms with Gasteiger partial charge in [0, 0.05) is 38.2 Å². The fraction of sp³-hybridized carbons (Fsp3) is 0. The molecule has 47 heavy (non-hydrogen) atoms. The van der Waals surface area contributed by atoms with Gasteiger partial charge in [0.05, 0.1) is 44.8 Å². The highest BCUT2D eigenvalue weighted by molar-refractivity contribution is 6.24. The lowest BCUT2D eigenvalue weighted by Crippen LogP contribution is -2.01. The zero-order valence-electron chi connectivity index (χ0n) is 25.2. The first-order valence-corrected chi connectivity index (χ1v) is 15.8. The van der Waals surface area contributed by atoms with Gasteiger partial charge in [0.2, 0.25) is 0 Å². The zero-order valence-corrected chi connectivity index (χ0v) is 25.2. The van der Waals surface area contributed by atoms with E-state index in [2.05, 4.69) is 130 Å². The Bertz CT molecular complexity index is 2860. The van der Waals surface area contributed by atoms with Crippen molar-refractivity contribution in [3.63, 3.8) is 0 Å². The molecule has 4 nitrogen and oxygen atoms in total. The summed E-state index contributed by atoms with van der Waals surface area (Å²) in [6.07, 6.45) is 0. The number of furan rings is 1. The lowest BCUT2D eigenvalue weighted by molar-refractivity contribution is 0.673. The molecule has 3 aromatic heterocycles. The minimum Gasteiger partial charge on any atom is -0.455 e. The third-order valence-corrected chi connectivity index (χ3v) is 9.57. The van der Waals surface area contributed by atoms with Crippen LogP contribution in [-0.4, -0.2) is 9.13 Å². The highest BCUT2D eigenvalue weighted by Crippen LogP contribution is 2.42. The van der Waals surface area contributed by atoms with Crippen molar-refractivity contribution in [3.05, 3.63) is 157 Å². The van der Waals surface area contributed by atoms with Crippen molar-refractivity contribution in [3.8, 4) is 28.6 Å². The van der Waals surface area contributed by atoms with Crippen molar-refractivity contribution in [2.24, 2.45) is 0 Å². The number of benzene rings is 7. The molecule has 10 aromatic rings. The van der Waals surface area contributed by atoms with Crippen LogP contribution >= 0.6 is 0 Å². The molecule has 4 heteroatoms. The second kappa shape index (κ2) is 9.71. The van der Waals surface area contributed by atoms with Gasteiger partial charge in [-0.05, 0) is 66.2 Å². The summed E-state index contributed by atoms with van der Waals surface area (Å²) in [5.74, 6) is 0. The monoisotopic (exact) mass is 599 g/mol. The van der Waals surface area contributed by atoms with Crippen LogP contribution in [0, 0.1) is 11.3 Å². The number of fused-ring (bicyclic) bond motifs is 10. The van der Waals surface area contributed by atoms with Gasteiger partial charge in [0.25, 0.3) is 0 Å². The van der Waals surface area contributed by atoms with Crippen LogP contribution in [0.2, 0.25) is 0 Å². The molecular formula is C43H25N3O. The molecule has 0 spiro atoms. The molecule has 0 radical (unpaired) electrons. The van der Waals surface area contributed by atoms with Crippen LogP contribution < -0.4 is 0 Å². The number of nitrogens with zero attached hydrogens (tertiary/aromatic N) is 3. The molecular weight excluding hydrogens is 574 g/mol. The molecule has 0 saturated heterocycles. The summed E-state index contributed by atoms with van der Waals surface area (Å²) in [4.78, 5) is 0. The standard InChI is InChI=1S/C43H25N3O/c44-26-27-17-19-28(20-18-27)30-22-21-29(25-40(30)46-36-13-5-1-9-31(36)32-10-2-6-14-37(32)46)45-38-15-7-3-12-35(38)42-39(45)24-23-34-33-11-4-8-16-41(33)47-43(34)42/h1-25H. The largest absolute Gasteiger partial charge is 0.455 e. The van der Waals surface area contributed by atoms with E-state index < -0.39 is 0 Å². The second-order valence-corrected chi connectivity index (χ2v) is 12.0. The van der Waals surface area contributed by atoms with E-state index in [1.54, 1.807) is 0 Å². The van der Waals surface area contributed by atoms with Crippen LogP contribution in [0.1, 0.15) is 5.56 Å². The lowest BCUT2D eigenvalue weighted by atomic mass is 10.0. The molecule has 7 aromatic carbocycles. The first kappa shape index (κ1) is 25.7. The van der Waals surface area contributed by atoms with Gasteiger partial charge in [-0.15, -0.1) is 0 Å². The van der Waals surface area contributed by atoms with Crippen molar-refractivity contribution >= 4 is 65.6 Å². The second-order valence-electron chi connectivity index (χ2n) is 12.0. The summed E-state index contributed by atoms with van der Waals surface area (Å²) in [6, 6.07) is 55.4. The normalized spacial score (nSPS) is 11.8. The highest BCUT2D eigenvalue weighted by Gasteiger charge is 2.21. The van der Waals surface area contributed by atoms with Crippen LogP contribution in [-0.2, 0) is 0 Å². The maximum absolute atomic E-state index is 9.50. The maximum Gasteiger partial charge on any atom is 0.145 e. The van der Waals surface area contributed by atoms with Crippen LogP contribution in [0.25, 0.3) is 88.1 Å². The van der Waals surface area contributed by atoms with Crippen LogP contribution in [0.4, 0.5) is 0 Å². The molecule has 0 aliphatic heterocycles. The molecule has 0 saturated carbocycles. The van der Waals surface area contributed by atoms with E-state index in [1.165, 1.54) is 10.8 Å². The summed E-state index contributed by atoms with van der Waals surface area (Å²) < 4.78 is 11.3.